The SMILES string of the molecule is POC[C@H]1O[CH-]C[C@H]1OPP.[U]. The zero-order chi connectivity index (χ0) is 8.10. The first-order valence-electron chi connectivity index (χ1n) is 3.28. The van der Waals surface area contributed by atoms with Crippen LogP contribution in [0.2, 0.25) is 0 Å². The number of hydrogen-bond donors (Lipinski definition) is 0. The molecule has 7 heteroatoms. The van der Waals surface area contributed by atoms with Gasteiger partial charge in [0.2, 0.25) is 0 Å². The molecule has 12 heavy (non-hydrogen) atoms. The van der Waals surface area contributed by atoms with E-state index in [0.29, 0.717) is 15.1 Å². The second kappa shape index (κ2) is 8.52. The van der Waals surface area contributed by atoms with Crippen LogP contribution in [0.5, 0.6) is 0 Å². The molecule has 3 unspecified atom stereocenters. The largest absolute Gasteiger partial charge is 0.546 e. The summed E-state index contributed by atoms with van der Waals surface area (Å²) in [6, 6.07) is 0. The van der Waals surface area contributed by atoms with Crippen LogP contribution < -0.4 is 0 Å². The van der Waals surface area contributed by atoms with Crippen LogP contribution in [-0.4, -0.2) is 18.8 Å². The molecule has 70 valence electrons. The Bertz CT molecular complexity index is 106. The molecule has 5 atom stereocenters. The summed E-state index contributed by atoms with van der Waals surface area (Å²) in [6.45, 7) is 2.35. The van der Waals surface area contributed by atoms with Crippen molar-refractivity contribution in [3.05, 3.63) is 6.61 Å². The zero-order valence-corrected chi connectivity index (χ0v) is 14.0. The predicted molar refractivity (Wildman–Crippen MR) is 52.4 cm³/mol. The number of rotatable bonds is 4. The van der Waals surface area contributed by atoms with Crippen molar-refractivity contribution in [1.82, 2.24) is 0 Å². The number of ether oxygens (including phenoxy) is 1. The minimum absolute atomic E-state index is 0. The van der Waals surface area contributed by atoms with E-state index >= 15 is 0 Å². The summed E-state index contributed by atoms with van der Waals surface area (Å²) >= 11 is 0. The Kier molecular flexibility index (Phi) is 10.1. The molecule has 0 aliphatic carbocycles. The third-order valence-corrected chi connectivity index (χ3v) is 2.53. The first-order valence-corrected chi connectivity index (χ1v) is 6.47. The van der Waals surface area contributed by atoms with Gasteiger partial charge < -0.3 is 13.8 Å². The van der Waals surface area contributed by atoms with Gasteiger partial charge in [0.05, 0.1) is 18.8 Å². The van der Waals surface area contributed by atoms with Crippen LogP contribution in [0.3, 0.4) is 0 Å². The van der Waals surface area contributed by atoms with E-state index in [1.165, 1.54) is 0 Å². The topological polar surface area (TPSA) is 27.7 Å². The summed E-state index contributed by atoms with van der Waals surface area (Å²) in [7, 11) is 5.20. The Morgan fingerprint density at radius 1 is 1.67 bits per heavy atom. The summed E-state index contributed by atoms with van der Waals surface area (Å²) in [5.41, 5.74) is 0. The first kappa shape index (κ1) is 14.2. The molecule has 1 aliphatic heterocycles. The fraction of sp³-hybridized carbons (Fsp3) is 0.800. The van der Waals surface area contributed by atoms with E-state index in [4.69, 9.17) is 13.8 Å². The third-order valence-electron chi connectivity index (χ3n) is 1.49. The van der Waals surface area contributed by atoms with Crippen LogP contribution in [0.25, 0.3) is 0 Å². The molecule has 1 fully saturated rings. The van der Waals surface area contributed by atoms with Crippen LogP contribution in [0, 0.1) is 37.7 Å². The Morgan fingerprint density at radius 2 is 2.42 bits per heavy atom. The molecule has 0 radical (unpaired) electrons. The molecule has 0 aromatic rings. The Hall–Kier alpha value is 2.22. The summed E-state index contributed by atoms with van der Waals surface area (Å²) in [4.78, 5) is 0. The standard InChI is InChI=1S/C5H12O3P3.U/c9-7-3-5-4(8-11-10)1-2-6-5;/h2,4-5,11H,1,3,9-10H2;/q-1;/t4-,5-;/m1./s1. The van der Waals surface area contributed by atoms with E-state index in [-0.39, 0.29) is 43.3 Å². The minimum Gasteiger partial charge on any atom is -0.546 e. The molecule has 3 nitrogen and oxygen atoms in total. The molecule has 0 bridgehead atoms. The van der Waals surface area contributed by atoms with Gasteiger partial charge in [-0.3, -0.25) is 0 Å². The van der Waals surface area contributed by atoms with Gasteiger partial charge in [0, 0.05) is 49.1 Å². The Balaban J connectivity index is 0.00000121. The quantitative estimate of drug-likeness (QED) is 0.480. The van der Waals surface area contributed by atoms with Crippen molar-refractivity contribution in [3.8, 4) is 0 Å². The Labute approximate surface area is 103 Å². The predicted octanol–water partition coefficient (Wildman–Crippen LogP) is 1.51. The molecule has 0 aromatic heterocycles. The fourth-order valence-corrected chi connectivity index (χ4v) is 2.10. The van der Waals surface area contributed by atoms with Gasteiger partial charge in [0.1, 0.15) is 0 Å². The van der Waals surface area contributed by atoms with Crippen molar-refractivity contribution < 1.29 is 44.9 Å². The van der Waals surface area contributed by atoms with Gasteiger partial charge in [-0.1, -0.05) is 8.93 Å². The van der Waals surface area contributed by atoms with Crippen LogP contribution >= 0.6 is 26.9 Å². The molecule has 1 heterocycles. The summed E-state index contributed by atoms with van der Waals surface area (Å²) in [5.74, 6) is 0. The second-order valence-electron chi connectivity index (χ2n) is 2.18. The van der Waals surface area contributed by atoms with E-state index in [1.54, 1.807) is 6.61 Å². The molecule has 1 rings (SSSR count). The van der Waals surface area contributed by atoms with Crippen molar-refractivity contribution in [2.24, 2.45) is 0 Å². The van der Waals surface area contributed by atoms with E-state index in [2.05, 4.69) is 18.4 Å². The summed E-state index contributed by atoms with van der Waals surface area (Å²) in [5, 5.41) is 0. The maximum absolute atomic E-state index is 5.41. The monoisotopic (exact) mass is 451 g/mol. The van der Waals surface area contributed by atoms with Crippen molar-refractivity contribution in [2.75, 3.05) is 6.61 Å². The van der Waals surface area contributed by atoms with Crippen molar-refractivity contribution in [2.45, 2.75) is 18.6 Å². The van der Waals surface area contributed by atoms with Crippen molar-refractivity contribution in [3.63, 3.8) is 0 Å². The maximum atomic E-state index is 5.41. The molecular formula is C5H12O3P3U-. The van der Waals surface area contributed by atoms with Gasteiger partial charge in [0.25, 0.3) is 0 Å². The van der Waals surface area contributed by atoms with Crippen molar-refractivity contribution >= 4 is 26.9 Å². The normalized spacial score (nSPS) is 29.5. The van der Waals surface area contributed by atoms with Crippen LogP contribution in [-0.2, 0) is 13.8 Å². The van der Waals surface area contributed by atoms with Gasteiger partial charge in [-0.2, -0.15) is 0 Å². The molecule has 0 saturated carbocycles. The summed E-state index contributed by atoms with van der Waals surface area (Å²) in [6.07, 6.45) is 1.10. The van der Waals surface area contributed by atoms with Crippen molar-refractivity contribution in [1.29, 1.82) is 0 Å². The second-order valence-corrected chi connectivity index (χ2v) is 3.70. The fourth-order valence-electron chi connectivity index (χ4n) is 0.966. The molecule has 0 spiro atoms. The van der Waals surface area contributed by atoms with Crippen LogP contribution in [0.15, 0.2) is 0 Å². The van der Waals surface area contributed by atoms with E-state index < -0.39 is 0 Å². The van der Waals surface area contributed by atoms with Crippen LogP contribution in [0.1, 0.15) is 6.42 Å². The summed E-state index contributed by atoms with van der Waals surface area (Å²) < 4.78 is 15.6. The average molecular weight is 451 g/mol. The van der Waals surface area contributed by atoms with Gasteiger partial charge in [-0.15, -0.1) is 6.42 Å². The van der Waals surface area contributed by atoms with Gasteiger partial charge in [-0.25, -0.2) is 6.61 Å². The molecule has 1 aliphatic rings. The van der Waals surface area contributed by atoms with E-state index in [9.17, 15) is 0 Å². The van der Waals surface area contributed by atoms with E-state index in [1.807, 2.05) is 0 Å². The molecule has 0 amide bonds. The molecule has 0 N–H and O–H groups in total. The maximum Gasteiger partial charge on any atom is 0.0760 e. The van der Waals surface area contributed by atoms with Crippen LogP contribution in [0.4, 0.5) is 0 Å². The molecule has 1 saturated heterocycles. The zero-order valence-electron chi connectivity index (χ0n) is 6.53. The molecular weight excluding hydrogens is 439 g/mol. The first-order chi connectivity index (χ1) is 5.38. The Morgan fingerprint density at radius 3 is 3.00 bits per heavy atom. The minimum atomic E-state index is 0. The van der Waals surface area contributed by atoms with E-state index in [0.717, 1.165) is 6.42 Å². The molecule has 0 aromatic carbocycles. The third kappa shape index (κ3) is 4.64. The average Bonchev–Trinajstić information content (AvgIpc) is 2.39. The van der Waals surface area contributed by atoms with Gasteiger partial charge in [0.15, 0.2) is 0 Å². The smallest absolute Gasteiger partial charge is 0.0760 e. The van der Waals surface area contributed by atoms with Gasteiger partial charge in [-0.05, 0) is 0 Å². The van der Waals surface area contributed by atoms with Gasteiger partial charge >= 0.3 is 0 Å². The number of hydrogen-bond acceptors (Lipinski definition) is 3.